The second kappa shape index (κ2) is 10.0. The number of piperazine rings is 1. The zero-order chi connectivity index (χ0) is 20.6. The molecule has 0 saturated carbocycles. The van der Waals surface area contributed by atoms with Crippen LogP contribution >= 0.6 is 0 Å². The molecule has 2 aromatic carbocycles. The first-order valence-corrected chi connectivity index (χ1v) is 10.1. The predicted molar refractivity (Wildman–Crippen MR) is 118 cm³/mol. The van der Waals surface area contributed by atoms with Gasteiger partial charge in [0.25, 0.3) is 0 Å². The van der Waals surface area contributed by atoms with Crippen molar-refractivity contribution >= 4 is 23.6 Å². The Morgan fingerprint density at radius 3 is 2.45 bits per heavy atom. The molecule has 1 heterocycles. The third kappa shape index (κ3) is 6.29. The van der Waals surface area contributed by atoms with E-state index >= 15 is 0 Å². The number of nitrogens with one attached hydrogen (secondary N) is 1. The van der Waals surface area contributed by atoms with Crippen molar-refractivity contribution in [3.63, 3.8) is 0 Å². The number of nitrogens with zero attached hydrogens (tertiary/aromatic N) is 2. The lowest BCUT2D eigenvalue weighted by atomic mass is 10.1. The Bertz CT molecular complexity index is 869. The molecule has 29 heavy (non-hydrogen) atoms. The molecular formula is C24H29N3O2. The van der Waals surface area contributed by atoms with Gasteiger partial charge in [0.05, 0.1) is 0 Å². The SMILES string of the molecule is Cc1ccc(C)c(NC(=O)CC(=O)N2CCN(C/C=C/c3ccccc3)CC2)c1. The molecule has 5 nitrogen and oxygen atoms in total. The highest BCUT2D eigenvalue weighted by molar-refractivity contribution is 6.03. The van der Waals surface area contributed by atoms with Crippen molar-refractivity contribution in [3.05, 3.63) is 71.3 Å². The Hall–Kier alpha value is -2.92. The van der Waals surface area contributed by atoms with Gasteiger partial charge >= 0.3 is 0 Å². The summed E-state index contributed by atoms with van der Waals surface area (Å²) < 4.78 is 0. The third-order valence-electron chi connectivity index (χ3n) is 5.18. The summed E-state index contributed by atoms with van der Waals surface area (Å²) >= 11 is 0. The summed E-state index contributed by atoms with van der Waals surface area (Å²) in [7, 11) is 0. The monoisotopic (exact) mass is 391 g/mol. The van der Waals surface area contributed by atoms with E-state index in [1.54, 1.807) is 4.90 Å². The van der Waals surface area contributed by atoms with Crippen LogP contribution < -0.4 is 5.32 Å². The van der Waals surface area contributed by atoms with Gasteiger partial charge in [0, 0.05) is 38.4 Å². The molecule has 0 atom stereocenters. The van der Waals surface area contributed by atoms with Crippen LogP contribution in [0.1, 0.15) is 23.1 Å². The Morgan fingerprint density at radius 1 is 1.00 bits per heavy atom. The minimum absolute atomic E-state index is 0.104. The number of rotatable bonds is 6. The number of benzene rings is 2. The minimum Gasteiger partial charge on any atom is -0.340 e. The number of hydrogen-bond donors (Lipinski definition) is 1. The van der Waals surface area contributed by atoms with Crippen molar-refractivity contribution in [2.75, 3.05) is 38.0 Å². The van der Waals surface area contributed by atoms with Crippen molar-refractivity contribution in [1.29, 1.82) is 0 Å². The summed E-state index contributed by atoms with van der Waals surface area (Å²) in [5.41, 5.74) is 4.04. The van der Waals surface area contributed by atoms with Gasteiger partial charge in [-0.25, -0.2) is 0 Å². The van der Waals surface area contributed by atoms with Crippen molar-refractivity contribution in [1.82, 2.24) is 9.80 Å². The number of carbonyl (C=O) groups is 2. The molecule has 3 rings (SSSR count). The molecule has 0 spiro atoms. The van der Waals surface area contributed by atoms with Crippen molar-refractivity contribution in [3.8, 4) is 0 Å². The first kappa shape index (κ1) is 20.8. The number of aryl methyl sites for hydroxylation is 2. The van der Waals surface area contributed by atoms with E-state index < -0.39 is 0 Å². The molecule has 1 N–H and O–H groups in total. The van der Waals surface area contributed by atoms with Crippen LogP contribution in [0.3, 0.4) is 0 Å². The van der Waals surface area contributed by atoms with Crippen LogP contribution in [0.4, 0.5) is 5.69 Å². The van der Waals surface area contributed by atoms with Gasteiger partial charge in [-0.15, -0.1) is 0 Å². The molecule has 0 aromatic heterocycles. The third-order valence-corrected chi connectivity index (χ3v) is 5.18. The van der Waals surface area contributed by atoms with Crippen LogP contribution in [0.5, 0.6) is 0 Å². The topological polar surface area (TPSA) is 52.7 Å². The number of anilines is 1. The molecule has 0 radical (unpaired) electrons. The van der Waals surface area contributed by atoms with Gasteiger partial charge < -0.3 is 10.2 Å². The molecule has 152 valence electrons. The molecular weight excluding hydrogens is 362 g/mol. The molecule has 0 unspecified atom stereocenters. The standard InChI is InChI=1S/C24H29N3O2/c1-19-10-11-20(2)22(17-19)25-23(28)18-24(29)27-15-13-26(14-16-27)12-6-9-21-7-4-3-5-8-21/h3-11,17H,12-16,18H2,1-2H3,(H,25,28)/b9-6+. The maximum absolute atomic E-state index is 12.5. The van der Waals surface area contributed by atoms with E-state index in [-0.39, 0.29) is 18.2 Å². The zero-order valence-corrected chi connectivity index (χ0v) is 17.2. The molecule has 1 saturated heterocycles. The van der Waals surface area contributed by atoms with Crippen LogP contribution in [0.25, 0.3) is 6.08 Å². The highest BCUT2D eigenvalue weighted by Gasteiger charge is 2.22. The van der Waals surface area contributed by atoms with Gasteiger partial charge in [-0.05, 0) is 36.6 Å². The average Bonchev–Trinajstić information content (AvgIpc) is 2.72. The summed E-state index contributed by atoms with van der Waals surface area (Å²) in [5, 5.41) is 2.87. The summed E-state index contributed by atoms with van der Waals surface area (Å²) in [5.74, 6) is -0.357. The quantitative estimate of drug-likeness (QED) is 0.767. The van der Waals surface area contributed by atoms with Crippen LogP contribution in [-0.4, -0.2) is 54.3 Å². The van der Waals surface area contributed by atoms with Crippen LogP contribution in [0, 0.1) is 13.8 Å². The Balaban J connectivity index is 1.42. The summed E-state index contributed by atoms with van der Waals surface area (Å²) in [6.07, 6.45) is 4.17. The van der Waals surface area contributed by atoms with Gasteiger partial charge in [-0.2, -0.15) is 0 Å². The second-order valence-corrected chi connectivity index (χ2v) is 7.54. The van der Waals surface area contributed by atoms with E-state index in [1.807, 2.05) is 50.2 Å². The lowest BCUT2D eigenvalue weighted by Gasteiger charge is -2.34. The Kier molecular flexibility index (Phi) is 7.19. The Morgan fingerprint density at radius 2 is 1.72 bits per heavy atom. The molecule has 2 amide bonds. The van der Waals surface area contributed by atoms with Crippen molar-refractivity contribution in [2.45, 2.75) is 20.3 Å². The Labute approximate surface area is 173 Å². The van der Waals surface area contributed by atoms with Crippen molar-refractivity contribution < 1.29 is 9.59 Å². The lowest BCUT2D eigenvalue weighted by Crippen LogP contribution is -2.49. The zero-order valence-electron chi connectivity index (χ0n) is 17.2. The summed E-state index contributed by atoms with van der Waals surface area (Å²) in [6, 6.07) is 16.1. The van der Waals surface area contributed by atoms with E-state index in [2.05, 4.69) is 34.5 Å². The van der Waals surface area contributed by atoms with Gasteiger partial charge in [0.1, 0.15) is 6.42 Å². The minimum atomic E-state index is -0.253. The van der Waals surface area contributed by atoms with E-state index in [4.69, 9.17) is 0 Å². The fourth-order valence-corrected chi connectivity index (χ4v) is 3.40. The highest BCUT2D eigenvalue weighted by Crippen LogP contribution is 2.16. The summed E-state index contributed by atoms with van der Waals surface area (Å²) in [4.78, 5) is 28.9. The first-order valence-electron chi connectivity index (χ1n) is 10.1. The fourth-order valence-electron chi connectivity index (χ4n) is 3.40. The maximum atomic E-state index is 12.5. The van der Waals surface area contributed by atoms with Gasteiger partial charge in [0.15, 0.2) is 0 Å². The van der Waals surface area contributed by atoms with E-state index in [0.29, 0.717) is 13.1 Å². The molecule has 5 heteroatoms. The normalized spacial score (nSPS) is 14.9. The maximum Gasteiger partial charge on any atom is 0.233 e. The van der Waals surface area contributed by atoms with E-state index in [0.717, 1.165) is 36.4 Å². The highest BCUT2D eigenvalue weighted by atomic mass is 16.2. The van der Waals surface area contributed by atoms with Crippen LogP contribution in [0.2, 0.25) is 0 Å². The van der Waals surface area contributed by atoms with Crippen LogP contribution in [0.15, 0.2) is 54.6 Å². The van der Waals surface area contributed by atoms with Crippen LogP contribution in [-0.2, 0) is 9.59 Å². The largest absolute Gasteiger partial charge is 0.340 e. The predicted octanol–water partition coefficient (Wildman–Crippen LogP) is 3.49. The van der Waals surface area contributed by atoms with Gasteiger partial charge in [0.2, 0.25) is 11.8 Å². The molecule has 0 aliphatic carbocycles. The second-order valence-electron chi connectivity index (χ2n) is 7.54. The molecule has 2 aromatic rings. The molecule has 0 bridgehead atoms. The molecule has 1 aliphatic heterocycles. The van der Waals surface area contributed by atoms with E-state index in [9.17, 15) is 9.59 Å². The van der Waals surface area contributed by atoms with Gasteiger partial charge in [-0.1, -0.05) is 54.6 Å². The van der Waals surface area contributed by atoms with Gasteiger partial charge in [-0.3, -0.25) is 14.5 Å². The fraction of sp³-hybridized carbons (Fsp3) is 0.333. The smallest absolute Gasteiger partial charge is 0.233 e. The van der Waals surface area contributed by atoms with E-state index in [1.165, 1.54) is 5.56 Å². The first-order chi connectivity index (χ1) is 14.0. The number of hydrogen-bond acceptors (Lipinski definition) is 3. The molecule has 1 fully saturated rings. The molecule has 1 aliphatic rings. The average molecular weight is 392 g/mol. The lowest BCUT2D eigenvalue weighted by molar-refractivity contribution is -0.136. The number of amides is 2. The van der Waals surface area contributed by atoms with Crippen molar-refractivity contribution in [2.24, 2.45) is 0 Å². The number of carbonyl (C=O) groups excluding carboxylic acids is 2. The summed E-state index contributed by atoms with van der Waals surface area (Å²) in [6.45, 7) is 7.76.